The Bertz CT molecular complexity index is 920. The van der Waals surface area contributed by atoms with Gasteiger partial charge in [-0.3, -0.25) is 15.0 Å². The molecule has 1 aliphatic rings. The standard InChI is InChI=1S/C22H29N7O/c1-23-22(24-12-11-20-26-21(28-27-20)19-10-6-14-30-19)25-15-18-9-5-13-29(18)16-17-7-3-2-4-8-17/h2-4,6-8,10,14,18H,5,9,11-13,15-16H2,1H3,(H2,23,24,25)(H,26,27,28). The first-order valence-electron chi connectivity index (χ1n) is 10.5. The van der Waals surface area contributed by atoms with Crippen molar-refractivity contribution in [2.75, 3.05) is 26.7 Å². The van der Waals surface area contributed by atoms with E-state index in [1.54, 1.807) is 13.3 Å². The maximum atomic E-state index is 5.33. The number of hydrogen-bond donors (Lipinski definition) is 3. The van der Waals surface area contributed by atoms with Crippen LogP contribution in [0.3, 0.4) is 0 Å². The number of H-pyrrole nitrogens is 1. The van der Waals surface area contributed by atoms with E-state index in [2.05, 4.69) is 66.0 Å². The van der Waals surface area contributed by atoms with E-state index in [0.717, 1.165) is 37.8 Å². The van der Waals surface area contributed by atoms with E-state index >= 15 is 0 Å². The molecule has 0 radical (unpaired) electrons. The van der Waals surface area contributed by atoms with Crippen molar-refractivity contribution >= 4 is 5.96 Å². The number of nitrogens with one attached hydrogen (secondary N) is 3. The molecule has 1 atom stereocenters. The molecule has 0 aliphatic carbocycles. The molecule has 158 valence electrons. The van der Waals surface area contributed by atoms with Crippen molar-refractivity contribution in [2.24, 2.45) is 4.99 Å². The fourth-order valence-electron chi connectivity index (χ4n) is 3.81. The quantitative estimate of drug-likeness (QED) is 0.392. The van der Waals surface area contributed by atoms with Crippen molar-refractivity contribution in [3.63, 3.8) is 0 Å². The lowest BCUT2D eigenvalue weighted by atomic mass is 10.2. The molecule has 1 aliphatic heterocycles. The lowest BCUT2D eigenvalue weighted by Gasteiger charge is -2.25. The Balaban J connectivity index is 1.21. The number of aromatic amines is 1. The molecule has 0 spiro atoms. The third kappa shape index (κ3) is 5.27. The molecule has 0 amide bonds. The third-order valence-corrected chi connectivity index (χ3v) is 5.38. The minimum atomic E-state index is 0.522. The predicted molar refractivity (Wildman–Crippen MR) is 117 cm³/mol. The summed E-state index contributed by atoms with van der Waals surface area (Å²) in [6.07, 6.45) is 4.80. The summed E-state index contributed by atoms with van der Waals surface area (Å²) in [6, 6.07) is 14.9. The molecule has 1 saturated heterocycles. The van der Waals surface area contributed by atoms with Crippen LogP contribution in [0.25, 0.3) is 11.6 Å². The largest absolute Gasteiger partial charge is 0.461 e. The summed E-state index contributed by atoms with van der Waals surface area (Å²) < 4.78 is 5.33. The molecule has 8 heteroatoms. The molecule has 3 aromatic rings. The molecule has 3 heterocycles. The van der Waals surface area contributed by atoms with Crippen molar-refractivity contribution in [3.05, 3.63) is 60.1 Å². The topological polar surface area (TPSA) is 94.4 Å². The molecular weight excluding hydrogens is 378 g/mol. The van der Waals surface area contributed by atoms with E-state index in [1.807, 2.05) is 12.1 Å². The number of aromatic nitrogens is 3. The van der Waals surface area contributed by atoms with Crippen LogP contribution in [0.5, 0.6) is 0 Å². The summed E-state index contributed by atoms with van der Waals surface area (Å²) >= 11 is 0. The van der Waals surface area contributed by atoms with Crippen LogP contribution in [0.1, 0.15) is 24.2 Å². The highest BCUT2D eigenvalue weighted by Gasteiger charge is 2.24. The zero-order valence-corrected chi connectivity index (χ0v) is 17.3. The Morgan fingerprint density at radius 3 is 2.93 bits per heavy atom. The first-order valence-corrected chi connectivity index (χ1v) is 10.5. The Morgan fingerprint density at radius 1 is 1.23 bits per heavy atom. The van der Waals surface area contributed by atoms with Crippen LogP contribution in [-0.2, 0) is 13.0 Å². The summed E-state index contributed by atoms with van der Waals surface area (Å²) in [5.74, 6) is 2.87. The van der Waals surface area contributed by atoms with Crippen LogP contribution in [0, 0.1) is 0 Å². The average molecular weight is 408 g/mol. The number of guanidine groups is 1. The van der Waals surface area contributed by atoms with Gasteiger partial charge in [0.1, 0.15) is 5.82 Å². The zero-order chi connectivity index (χ0) is 20.6. The van der Waals surface area contributed by atoms with Gasteiger partial charge in [-0.1, -0.05) is 30.3 Å². The van der Waals surface area contributed by atoms with Crippen LogP contribution >= 0.6 is 0 Å². The normalized spacial score (nSPS) is 17.4. The Hall–Kier alpha value is -3.13. The summed E-state index contributed by atoms with van der Waals surface area (Å²) in [5.41, 5.74) is 1.37. The summed E-state index contributed by atoms with van der Waals surface area (Å²) in [7, 11) is 1.80. The van der Waals surface area contributed by atoms with E-state index in [0.29, 0.717) is 24.2 Å². The lowest BCUT2D eigenvalue weighted by molar-refractivity contribution is 0.245. The maximum Gasteiger partial charge on any atom is 0.216 e. The van der Waals surface area contributed by atoms with Crippen LogP contribution < -0.4 is 10.6 Å². The number of nitrogens with zero attached hydrogens (tertiary/aromatic N) is 4. The molecule has 0 bridgehead atoms. The highest BCUT2D eigenvalue weighted by atomic mass is 16.3. The van der Waals surface area contributed by atoms with Gasteiger partial charge in [0.25, 0.3) is 0 Å². The van der Waals surface area contributed by atoms with E-state index in [9.17, 15) is 0 Å². The van der Waals surface area contributed by atoms with Gasteiger partial charge in [-0.15, -0.1) is 0 Å². The number of aliphatic imine (C=N–C) groups is 1. The van der Waals surface area contributed by atoms with Gasteiger partial charge in [-0.05, 0) is 37.1 Å². The molecule has 1 unspecified atom stereocenters. The highest BCUT2D eigenvalue weighted by Crippen LogP contribution is 2.19. The van der Waals surface area contributed by atoms with Crippen molar-refractivity contribution in [2.45, 2.75) is 31.8 Å². The van der Waals surface area contributed by atoms with Gasteiger partial charge in [-0.2, -0.15) is 5.10 Å². The minimum absolute atomic E-state index is 0.522. The Morgan fingerprint density at radius 2 is 2.13 bits per heavy atom. The monoisotopic (exact) mass is 407 g/mol. The molecule has 1 aromatic carbocycles. The first kappa shape index (κ1) is 20.2. The second-order valence-corrected chi connectivity index (χ2v) is 7.47. The van der Waals surface area contributed by atoms with E-state index < -0.39 is 0 Å². The van der Waals surface area contributed by atoms with Gasteiger partial charge in [-0.25, -0.2) is 4.98 Å². The SMILES string of the molecule is CN=C(NCCc1nc(-c2ccco2)n[nH]1)NCC1CCCN1Cc1ccccc1. The number of benzene rings is 1. The highest BCUT2D eigenvalue weighted by molar-refractivity contribution is 5.79. The molecule has 30 heavy (non-hydrogen) atoms. The third-order valence-electron chi connectivity index (χ3n) is 5.38. The zero-order valence-electron chi connectivity index (χ0n) is 17.3. The van der Waals surface area contributed by atoms with Gasteiger partial charge in [0.05, 0.1) is 6.26 Å². The molecule has 3 N–H and O–H groups in total. The number of rotatable bonds is 8. The number of likely N-dealkylation sites (tertiary alicyclic amines) is 1. The van der Waals surface area contributed by atoms with Crippen LogP contribution in [0.15, 0.2) is 58.1 Å². The predicted octanol–water partition coefficient (Wildman–Crippen LogP) is 2.44. The molecular formula is C22H29N7O. The van der Waals surface area contributed by atoms with Gasteiger partial charge >= 0.3 is 0 Å². The number of furan rings is 1. The second kappa shape index (κ2) is 10.1. The fourth-order valence-corrected chi connectivity index (χ4v) is 3.81. The van der Waals surface area contributed by atoms with Crippen LogP contribution in [0.2, 0.25) is 0 Å². The van der Waals surface area contributed by atoms with Crippen molar-refractivity contribution in [1.29, 1.82) is 0 Å². The van der Waals surface area contributed by atoms with Crippen LogP contribution in [0.4, 0.5) is 0 Å². The van der Waals surface area contributed by atoms with E-state index in [1.165, 1.54) is 18.4 Å². The fraction of sp³-hybridized carbons (Fsp3) is 0.409. The Kier molecular flexibility index (Phi) is 6.76. The Labute approximate surface area is 176 Å². The van der Waals surface area contributed by atoms with Crippen molar-refractivity contribution < 1.29 is 4.42 Å². The first-order chi connectivity index (χ1) is 14.8. The molecule has 1 fully saturated rings. The second-order valence-electron chi connectivity index (χ2n) is 7.47. The van der Waals surface area contributed by atoms with Crippen LogP contribution in [-0.4, -0.2) is 58.8 Å². The molecule has 2 aromatic heterocycles. The van der Waals surface area contributed by atoms with Gasteiger partial charge in [0.15, 0.2) is 11.7 Å². The summed E-state index contributed by atoms with van der Waals surface area (Å²) in [5, 5.41) is 14.0. The molecule has 8 nitrogen and oxygen atoms in total. The minimum Gasteiger partial charge on any atom is -0.461 e. The average Bonchev–Trinajstić information content (AvgIpc) is 3.53. The molecule has 4 rings (SSSR count). The molecule has 0 saturated carbocycles. The van der Waals surface area contributed by atoms with Gasteiger partial charge in [0.2, 0.25) is 5.82 Å². The van der Waals surface area contributed by atoms with Gasteiger partial charge in [0, 0.05) is 39.1 Å². The van der Waals surface area contributed by atoms with Crippen molar-refractivity contribution in [1.82, 2.24) is 30.7 Å². The lowest BCUT2D eigenvalue weighted by Crippen LogP contribution is -2.45. The maximum absolute atomic E-state index is 5.33. The summed E-state index contributed by atoms with van der Waals surface area (Å²) in [6.45, 7) is 3.75. The van der Waals surface area contributed by atoms with E-state index in [-0.39, 0.29) is 0 Å². The summed E-state index contributed by atoms with van der Waals surface area (Å²) in [4.78, 5) is 11.4. The smallest absolute Gasteiger partial charge is 0.216 e. The van der Waals surface area contributed by atoms with Crippen molar-refractivity contribution in [3.8, 4) is 11.6 Å². The van der Waals surface area contributed by atoms with Gasteiger partial charge < -0.3 is 15.1 Å². The van der Waals surface area contributed by atoms with E-state index in [4.69, 9.17) is 4.42 Å². The number of hydrogen-bond acceptors (Lipinski definition) is 5.